The molecule has 178 valence electrons. The number of nitrogens with zero attached hydrogens (tertiary/aromatic N) is 1. The van der Waals surface area contributed by atoms with Crippen molar-refractivity contribution in [3.05, 3.63) is 106 Å². The van der Waals surface area contributed by atoms with E-state index in [9.17, 15) is 4.79 Å². The van der Waals surface area contributed by atoms with Gasteiger partial charge < -0.3 is 5.32 Å². The molecule has 0 saturated carbocycles. The zero-order valence-corrected chi connectivity index (χ0v) is 21.2. The zero-order valence-electron chi connectivity index (χ0n) is 19.6. The highest BCUT2D eigenvalue weighted by atomic mass is 35.5. The molecule has 34 heavy (non-hydrogen) atoms. The Hall–Kier alpha value is -2.27. The van der Waals surface area contributed by atoms with Crippen molar-refractivity contribution < 1.29 is 4.79 Å². The third-order valence-electron chi connectivity index (χ3n) is 6.44. The first-order valence-corrected chi connectivity index (χ1v) is 13.7. The lowest BCUT2D eigenvalue weighted by Crippen LogP contribution is -2.33. The molecule has 0 unspecified atom stereocenters. The van der Waals surface area contributed by atoms with Crippen LogP contribution in [0.25, 0.3) is 0 Å². The van der Waals surface area contributed by atoms with Crippen molar-refractivity contribution in [3.63, 3.8) is 0 Å². The van der Waals surface area contributed by atoms with Crippen LogP contribution in [0.5, 0.6) is 0 Å². The first kappa shape index (κ1) is 24.8. The molecule has 4 rings (SSSR count). The summed E-state index contributed by atoms with van der Waals surface area (Å²) in [5, 5.41) is 3.82. The quantitative estimate of drug-likeness (QED) is 0.330. The Morgan fingerprint density at radius 1 is 0.912 bits per heavy atom. The molecule has 3 nitrogen and oxygen atoms in total. The monoisotopic (exact) mass is 492 g/mol. The number of likely N-dealkylation sites (tertiary alicyclic amines) is 1. The summed E-state index contributed by atoms with van der Waals surface area (Å²) >= 11 is 7.97. The van der Waals surface area contributed by atoms with Crippen molar-refractivity contribution in [2.75, 3.05) is 25.4 Å². The average Bonchev–Trinajstić information content (AvgIpc) is 2.87. The van der Waals surface area contributed by atoms with E-state index >= 15 is 0 Å². The Morgan fingerprint density at radius 2 is 1.62 bits per heavy atom. The second-order valence-electron chi connectivity index (χ2n) is 9.01. The average molecular weight is 493 g/mol. The molecule has 0 spiro atoms. The van der Waals surface area contributed by atoms with Crippen LogP contribution in [-0.2, 0) is 18.7 Å². The molecular formula is C29H33ClN2OS. The summed E-state index contributed by atoms with van der Waals surface area (Å²) in [6.07, 6.45) is 3.70. The van der Waals surface area contributed by atoms with Gasteiger partial charge in [-0.15, -0.1) is 0 Å². The minimum atomic E-state index is -0.00776. The number of hydrogen-bond acceptors (Lipinski definition) is 3. The summed E-state index contributed by atoms with van der Waals surface area (Å²) in [6.45, 7) is 3.89. The Balaban J connectivity index is 1.14. The second kappa shape index (κ2) is 13.0. The molecule has 3 aromatic carbocycles. The summed E-state index contributed by atoms with van der Waals surface area (Å²) in [6, 6.07) is 26.8. The van der Waals surface area contributed by atoms with Gasteiger partial charge in [-0.1, -0.05) is 72.3 Å². The third kappa shape index (κ3) is 7.63. The summed E-state index contributed by atoms with van der Waals surface area (Å²) in [4.78, 5) is 15.0. The summed E-state index contributed by atoms with van der Waals surface area (Å²) in [5.41, 5.74) is 4.58. The molecule has 3 aromatic rings. The fraction of sp³-hybridized carbons (Fsp3) is 0.345. The van der Waals surface area contributed by atoms with Crippen molar-refractivity contribution >= 4 is 29.3 Å². The van der Waals surface area contributed by atoms with Gasteiger partial charge in [-0.2, -0.15) is 11.8 Å². The van der Waals surface area contributed by atoms with Gasteiger partial charge in [0.25, 0.3) is 5.91 Å². The number of carbonyl (C=O) groups is 1. The molecule has 0 atom stereocenters. The van der Waals surface area contributed by atoms with Crippen molar-refractivity contribution in [2.45, 2.75) is 31.6 Å². The van der Waals surface area contributed by atoms with E-state index in [1.807, 2.05) is 36.4 Å². The smallest absolute Gasteiger partial charge is 0.251 e. The number of benzene rings is 3. The van der Waals surface area contributed by atoms with Crippen molar-refractivity contribution in [1.82, 2.24) is 10.2 Å². The number of nitrogens with one attached hydrogen (secondary N) is 1. The maximum atomic E-state index is 12.5. The predicted molar refractivity (Wildman–Crippen MR) is 145 cm³/mol. The van der Waals surface area contributed by atoms with Crippen LogP contribution >= 0.6 is 23.4 Å². The topological polar surface area (TPSA) is 32.3 Å². The lowest BCUT2D eigenvalue weighted by atomic mass is 9.90. The first-order chi connectivity index (χ1) is 16.7. The Labute approximate surface area is 212 Å². The predicted octanol–water partition coefficient (Wildman–Crippen LogP) is 6.46. The molecule has 0 bridgehead atoms. The fourth-order valence-corrected chi connectivity index (χ4v) is 5.60. The van der Waals surface area contributed by atoms with Gasteiger partial charge in [-0.25, -0.2) is 0 Å². The Bertz CT molecular complexity index is 1030. The summed E-state index contributed by atoms with van der Waals surface area (Å²) in [5.74, 6) is 2.49. The standard InChI is InChI=1S/C29H33ClN2OS/c30-28-9-5-4-8-27(28)22-34-19-16-31-29(33)26-12-10-25(11-13-26)21-32-17-14-24(15-18-32)20-23-6-2-1-3-7-23/h1-13,24H,14-22H2,(H,31,33). The normalized spacial score (nSPS) is 14.7. The zero-order chi connectivity index (χ0) is 23.6. The second-order valence-corrected chi connectivity index (χ2v) is 10.5. The van der Waals surface area contributed by atoms with Crippen LogP contribution in [0.2, 0.25) is 5.02 Å². The minimum Gasteiger partial charge on any atom is -0.351 e. The summed E-state index contributed by atoms with van der Waals surface area (Å²) < 4.78 is 0. The number of amides is 1. The van der Waals surface area contributed by atoms with Crippen LogP contribution in [0.3, 0.4) is 0 Å². The highest BCUT2D eigenvalue weighted by Gasteiger charge is 2.19. The van der Waals surface area contributed by atoms with E-state index in [1.54, 1.807) is 11.8 Å². The van der Waals surface area contributed by atoms with E-state index in [0.29, 0.717) is 6.54 Å². The van der Waals surface area contributed by atoms with E-state index in [2.05, 4.69) is 52.7 Å². The number of thioether (sulfide) groups is 1. The van der Waals surface area contributed by atoms with Gasteiger partial charge in [-0.3, -0.25) is 9.69 Å². The number of rotatable bonds is 10. The minimum absolute atomic E-state index is 0.00776. The molecule has 1 amide bonds. The maximum absolute atomic E-state index is 12.5. The van der Waals surface area contributed by atoms with Crippen molar-refractivity contribution in [1.29, 1.82) is 0 Å². The first-order valence-electron chi connectivity index (χ1n) is 12.1. The molecule has 0 aliphatic carbocycles. The SMILES string of the molecule is O=C(NCCSCc1ccccc1Cl)c1ccc(CN2CCC(Cc3ccccc3)CC2)cc1. The van der Waals surface area contributed by atoms with Crippen LogP contribution in [-0.4, -0.2) is 36.2 Å². The third-order valence-corrected chi connectivity index (χ3v) is 7.82. The van der Waals surface area contributed by atoms with Crippen molar-refractivity contribution in [3.8, 4) is 0 Å². The van der Waals surface area contributed by atoms with E-state index < -0.39 is 0 Å². The number of piperidine rings is 1. The van der Waals surface area contributed by atoms with E-state index in [1.165, 1.54) is 30.4 Å². The van der Waals surface area contributed by atoms with Crippen LogP contribution in [0.15, 0.2) is 78.9 Å². The van der Waals surface area contributed by atoms with Crippen LogP contribution in [0.4, 0.5) is 0 Å². The van der Waals surface area contributed by atoms with Gasteiger partial charge in [0.1, 0.15) is 0 Å². The van der Waals surface area contributed by atoms with Gasteiger partial charge in [0.15, 0.2) is 0 Å². The van der Waals surface area contributed by atoms with E-state index in [-0.39, 0.29) is 5.91 Å². The number of carbonyl (C=O) groups excluding carboxylic acids is 1. The number of halogens is 1. The maximum Gasteiger partial charge on any atom is 0.251 e. The Morgan fingerprint density at radius 3 is 2.35 bits per heavy atom. The van der Waals surface area contributed by atoms with Crippen LogP contribution in [0.1, 0.15) is 39.9 Å². The lowest BCUT2D eigenvalue weighted by Gasteiger charge is -2.32. The van der Waals surface area contributed by atoms with Crippen molar-refractivity contribution in [2.24, 2.45) is 5.92 Å². The highest BCUT2D eigenvalue weighted by Crippen LogP contribution is 2.23. The molecule has 1 N–H and O–H groups in total. The van der Waals surface area contributed by atoms with Gasteiger partial charge in [0, 0.05) is 35.2 Å². The molecule has 1 aliphatic rings. The molecular weight excluding hydrogens is 460 g/mol. The highest BCUT2D eigenvalue weighted by molar-refractivity contribution is 7.98. The summed E-state index contributed by atoms with van der Waals surface area (Å²) in [7, 11) is 0. The molecule has 1 saturated heterocycles. The molecule has 0 radical (unpaired) electrons. The van der Waals surface area contributed by atoms with E-state index in [4.69, 9.17) is 11.6 Å². The van der Waals surface area contributed by atoms with Gasteiger partial charge >= 0.3 is 0 Å². The molecule has 0 aromatic heterocycles. The van der Waals surface area contributed by atoms with Crippen LogP contribution < -0.4 is 5.32 Å². The molecule has 1 aliphatic heterocycles. The molecule has 1 fully saturated rings. The van der Waals surface area contributed by atoms with Gasteiger partial charge in [0.05, 0.1) is 0 Å². The molecule has 5 heteroatoms. The van der Waals surface area contributed by atoms with Crippen LogP contribution in [0, 0.1) is 5.92 Å². The van der Waals surface area contributed by atoms with Gasteiger partial charge in [-0.05, 0) is 73.2 Å². The molecule has 1 heterocycles. The Kier molecular flexibility index (Phi) is 9.49. The van der Waals surface area contributed by atoms with E-state index in [0.717, 1.165) is 53.2 Å². The number of hydrogen-bond donors (Lipinski definition) is 1. The fourth-order valence-electron chi connectivity index (χ4n) is 4.45. The largest absolute Gasteiger partial charge is 0.351 e. The lowest BCUT2D eigenvalue weighted by molar-refractivity contribution is 0.0956. The van der Waals surface area contributed by atoms with Gasteiger partial charge in [0.2, 0.25) is 0 Å².